The molecular weight excluding hydrogens is 240 g/mol. The summed E-state index contributed by atoms with van der Waals surface area (Å²) < 4.78 is 9.55. The molecule has 1 aromatic heterocycles. The molecule has 0 unspecified atom stereocenters. The first-order valence-corrected chi connectivity index (χ1v) is 5.09. The van der Waals surface area contributed by atoms with Crippen LogP contribution < -0.4 is 4.74 Å². The van der Waals surface area contributed by atoms with Gasteiger partial charge in [-0.05, 0) is 23.7 Å². The van der Waals surface area contributed by atoms with E-state index in [1.807, 2.05) is 0 Å². The van der Waals surface area contributed by atoms with Gasteiger partial charge in [-0.25, -0.2) is 4.79 Å². The van der Waals surface area contributed by atoms with Crippen LogP contribution in [-0.4, -0.2) is 27.3 Å². The highest BCUT2D eigenvalue weighted by Gasteiger charge is 2.10. The molecule has 0 saturated heterocycles. The number of aliphatic carboxylic acids is 1. The van der Waals surface area contributed by atoms with Crippen LogP contribution in [0.4, 0.5) is 0 Å². The van der Waals surface area contributed by atoms with Crippen molar-refractivity contribution < 1.29 is 14.6 Å². The van der Waals surface area contributed by atoms with E-state index in [0.717, 1.165) is 4.70 Å². The summed E-state index contributed by atoms with van der Waals surface area (Å²) in [5, 5.41) is 12.6. The number of fused-ring (bicyclic) bond motifs is 1. The highest BCUT2D eigenvalue weighted by Crippen LogP contribution is 2.32. The van der Waals surface area contributed by atoms with E-state index in [1.54, 1.807) is 12.1 Å². The van der Waals surface area contributed by atoms with Crippen molar-refractivity contribution in [2.24, 2.45) is 0 Å². The second-order valence-corrected chi connectivity index (χ2v) is 3.84. The van der Waals surface area contributed by atoms with Gasteiger partial charge < -0.3 is 9.84 Å². The van der Waals surface area contributed by atoms with Crippen molar-refractivity contribution in [3.8, 4) is 5.75 Å². The number of carboxylic acid groups (broad SMARTS) is 1. The van der Waals surface area contributed by atoms with E-state index in [0.29, 0.717) is 16.3 Å². The Morgan fingerprint density at radius 2 is 2.40 bits per heavy atom. The predicted octanol–water partition coefficient (Wildman–Crippen LogP) is 1.81. The minimum atomic E-state index is -1.05. The number of carbonyl (C=O) groups is 1. The molecule has 0 bridgehead atoms. The molecule has 1 aromatic carbocycles. The molecule has 5 nitrogen and oxygen atoms in total. The van der Waals surface area contributed by atoms with Crippen LogP contribution in [0.25, 0.3) is 10.2 Å². The average molecular weight is 245 g/mol. The van der Waals surface area contributed by atoms with E-state index in [4.69, 9.17) is 21.4 Å². The van der Waals surface area contributed by atoms with Gasteiger partial charge in [0.2, 0.25) is 0 Å². The molecule has 0 radical (unpaired) electrons. The van der Waals surface area contributed by atoms with Crippen molar-refractivity contribution in [2.45, 2.75) is 0 Å². The summed E-state index contributed by atoms with van der Waals surface area (Å²) in [6.45, 7) is -0.428. The molecule has 0 fully saturated rings. The Hall–Kier alpha value is -1.40. The lowest BCUT2D eigenvalue weighted by atomic mass is 10.3. The highest BCUT2D eigenvalue weighted by molar-refractivity contribution is 7.13. The Kier molecular flexibility index (Phi) is 2.70. The first-order chi connectivity index (χ1) is 7.18. The number of halogens is 1. The van der Waals surface area contributed by atoms with Crippen LogP contribution in [0, 0.1) is 0 Å². The monoisotopic (exact) mass is 244 g/mol. The number of rotatable bonds is 3. The smallest absolute Gasteiger partial charge is 0.341 e. The quantitative estimate of drug-likeness (QED) is 0.891. The molecule has 0 saturated carbocycles. The molecule has 7 heteroatoms. The third kappa shape index (κ3) is 2.00. The van der Waals surface area contributed by atoms with Crippen molar-refractivity contribution in [3.63, 3.8) is 0 Å². The molecule has 2 aromatic rings. The summed E-state index contributed by atoms with van der Waals surface area (Å²) >= 11 is 7.17. The molecule has 1 heterocycles. The van der Waals surface area contributed by atoms with Gasteiger partial charge in [0.05, 0.1) is 4.70 Å². The van der Waals surface area contributed by atoms with Crippen LogP contribution in [0.5, 0.6) is 5.75 Å². The first-order valence-electron chi connectivity index (χ1n) is 3.93. The third-order valence-corrected chi connectivity index (χ3v) is 2.73. The van der Waals surface area contributed by atoms with Crippen LogP contribution in [0.15, 0.2) is 12.1 Å². The molecular formula is C8H5ClN2O3S. The standard InChI is InChI=1S/C8H5ClN2O3S/c9-7-4(14-3-6(12)13)1-2-5-8(7)10-11-15-5/h1-2H,3H2,(H,12,13). The van der Waals surface area contributed by atoms with Gasteiger partial charge in [0.25, 0.3) is 0 Å². The van der Waals surface area contributed by atoms with Gasteiger partial charge in [0.15, 0.2) is 6.61 Å². The maximum atomic E-state index is 10.3. The number of carboxylic acids is 1. The van der Waals surface area contributed by atoms with E-state index < -0.39 is 12.6 Å². The molecule has 0 aliphatic heterocycles. The highest BCUT2D eigenvalue weighted by atomic mass is 35.5. The van der Waals surface area contributed by atoms with Crippen LogP contribution in [-0.2, 0) is 4.79 Å². The van der Waals surface area contributed by atoms with E-state index in [2.05, 4.69) is 9.59 Å². The van der Waals surface area contributed by atoms with Gasteiger partial charge in [-0.1, -0.05) is 16.1 Å². The molecule has 15 heavy (non-hydrogen) atoms. The van der Waals surface area contributed by atoms with Gasteiger partial charge in [0.1, 0.15) is 16.3 Å². The van der Waals surface area contributed by atoms with Crippen molar-refractivity contribution in [1.82, 2.24) is 9.59 Å². The summed E-state index contributed by atoms with van der Waals surface area (Å²) in [6, 6.07) is 3.34. The van der Waals surface area contributed by atoms with Crippen molar-refractivity contribution in [2.75, 3.05) is 6.61 Å². The Labute approximate surface area is 93.4 Å². The lowest BCUT2D eigenvalue weighted by Crippen LogP contribution is -2.09. The fourth-order valence-electron chi connectivity index (χ4n) is 1.05. The fraction of sp³-hybridized carbons (Fsp3) is 0.125. The number of nitrogens with zero attached hydrogens (tertiary/aromatic N) is 2. The summed E-state index contributed by atoms with van der Waals surface area (Å²) in [4.78, 5) is 10.3. The average Bonchev–Trinajstić information content (AvgIpc) is 2.65. The number of aromatic nitrogens is 2. The lowest BCUT2D eigenvalue weighted by Gasteiger charge is -2.04. The van der Waals surface area contributed by atoms with Crippen LogP contribution in [0.1, 0.15) is 0 Å². The van der Waals surface area contributed by atoms with Crippen LogP contribution >= 0.6 is 23.1 Å². The molecule has 0 atom stereocenters. The fourth-order valence-corrected chi connectivity index (χ4v) is 1.93. The zero-order valence-electron chi connectivity index (χ0n) is 7.31. The van der Waals surface area contributed by atoms with Crippen molar-refractivity contribution in [3.05, 3.63) is 17.2 Å². The Bertz CT molecular complexity index is 514. The summed E-state index contributed by atoms with van der Waals surface area (Å²) in [5.74, 6) is -0.748. The third-order valence-electron chi connectivity index (χ3n) is 1.67. The number of hydrogen-bond acceptors (Lipinski definition) is 5. The van der Waals surface area contributed by atoms with Crippen LogP contribution in [0.3, 0.4) is 0 Å². The second-order valence-electron chi connectivity index (χ2n) is 2.68. The summed E-state index contributed by atoms with van der Waals surface area (Å²) in [6.07, 6.45) is 0. The predicted molar refractivity (Wildman–Crippen MR) is 55.6 cm³/mol. The van der Waals surface area contributed by atoms with Crippen molar-refractivity contribution >= 4 is 39.3 Å². The van der Waals surface area contributed by atoms with Gasteiger partial charge in [0, 0.05) is 0 Å². The zero-order chi connectivity index (χ0) is 10.8. The largest absolute Gasteiger partial charge is 0.480 e. The topological polar surface area (TPSA) is 72.3 Å². The maximum Gasteiger partial charge on any atom is 0.341 e. The molecule has 0 amide bonds. The Morgan fingerprint density at radius 1 is 1.60 bits per heavy atom. The number of hydrogen-bond donors (Lipinski definition) is 1. The lowest BCUT2D eigenvalue weighted by molar-refractivity contribution is -0.139. The van der Waals surface area contributed by atoms with E-state index >= 15 is 0 Å². The molecule has 0 spiro atoms. The maximum absolute atomic E-state index is 10.3. The molecule has 78 valence electrons. The minimum absolute atomic E-state index is 0.294. The van der Waals surface area contributed by atoms with E-state index in [-0.39, 0.29) is 0 Å². The van der Waals surface area contributed by atoms with Crippen molar-refractivity contribution in [1.29, 1.82) is 0 Å². The minimum Gasteiger partial charge on any atom is -0.480 e. The second kappa shape index (κ2) is 4.00. The van der Waals surface area contributed by atoms with Gasteiger partial charge in [-0.3, -0.25) is 0 Å². The number of benzene rings is 1. The Morgan fingerprint density at radius 3 is 3.13 bits per heavy atom. The van der Waals surface area contributed by atoms with Gasteiger partial charge in [-0.15, -0.1) is 5.10 Å². The van der Waals surface area contributed by atoms with Gasteiger partial charge >= 0.3 is 5.97 Å². The SMILES string of the molecule is O=C(O)COc1ccc2snnc2c1Cl. The summed E-state index contributed by atoms with van der Waals surface area (Å²) in [5.41, 5.74) is 0.532. The summed E-state index contributed by atoms with van der Waals surface area (Å²) in [7, 11) is 0. The van der Waals surface area contributed by atoms with Crippen LogP contribution in [0.2, 0.25) is 5.02 Å². The Balaban J connectivity index is 2.35. The zero-order valence-corrected chi connectivity index (χ0v) is 8.88. The van der Waals surface area contributed by atoms with E-state index in [1.165, 1.54) is 11.5 Å². The first kappa shape index (κ1) is 10.1. The number of ether oxygens (including phenoxy) is 1. The molecule has 2 rings (SSSR count). The normalized spacial score (nSPS) is 10.5. The molecule has 0 aliphatic carbocycles. The van der Waals surface area contributed by atoms with E-state index in [9.17, 15) is 4.79 Å². The van der Waals surface area contributed by atoms with Gasteiger partial charge in [-0.2, -0.15) is 0 Å². The molecule has 0 aliphatic rings. The molecule has 1 N–H and O–H groups in total.